The standard InChI is InChI=1S/C13H9F2N/c14-13(15)8-5-6-12-10(7-8)9-3-1-2-4-11(9)16-12/h1-5,7,13H,6H2. The Hall–Kier alpha value is -1.77. The Kier molecular flexibility index (Phi) is 1.99. The van der Waals surface area contributed by atoms with E-state index in [9.17, 15) is 8.78 Å². The molecular formula is C13H9F2N. The zero-order chi connectivity index (χ0) is 11.1. The largest absolute Gasteiger partial charge is 0.263 e. The number of alkyl halides is 2. The molecule has 0 amide bonds. The summed E-state index contributed by atoms with van der Waals surface area (Å²) in [5.41, 5.74) is 3.70. The predicted octanol–water partition coefficient (Wildman–Crippen LogP) is 3.75. The molecule has 16 heavy (non-hydrogen) atoms. The lowest BCUT2D eigenvalue weighted by atomic mass is 9.94. The van der Waals surface area contributed by atoms with E-state index in [-0.39, 0.29) is 5.57 Å². The van der Waals surface area contributed by atoms with Crippen molar-refractivity contribution in [2.45, 2.75) is 12.8 Å². The normalized spacial score (nSPS) is 17.6. The molecule has 2 aliphatic rings. The highest BCUT2D eigenvalue weighted by Gasteiger charge is 2.24. The number of allylic oxidation sites excluding steroid dienone is 4. The van der Waals surface area contributed by atoms with Crippen LogP contribution in [-0.2, 0) is 0 Å². The third-order valence-corrected chi connectivity index (χ3v) is 2.85. The molecule has 0 aromatic heterocycles. The number of halogens is 2. The van der Waals surface area contributed by atoms with Gasteiger partial charge < -0.3 is 0 Å². The molecule has 1 aromatic carbocycles. The van der Waals surface area contributed by atoms with Crippen LogP contribution in [0.2, 0.25) is 0 Å². The Morgan fingerprint density at radius 3 is 2.81 bits per heavy atom. The summed E-state index contributed by atoms with van der Waals surface area (Å²) in [5.74, 6) is 0. The van der Waals surface area contributed by atoms with Crippen LogP contribution in [0.1, 0.15) is 12.0 Å². The van der Waals surface area contributed by atoms with E-state index < -0.39 is 6.43 Å². The smallest absolute Gasteiger partial charge is 0.252 e. The van der Waals surface area contributed by atoms with E-state index >= 15 is 0 Å². The highest BCUT2D eigenvalue weighted by Crippen LogP contribution is 2.38. The molecule has 1 heterocycles. The SMILES string of the molecule is FC(F)C1=CCC2=Nc3ccccc3C2=C1. The van der Waals surface area contributed by atoms with Crippen LogP contribution in [0.3, 0.4) is 0 Å². The van der Waals surface area contributed by atoms with Gasteiger partial charge in [0.2, 0.25) is 0 Å². The minimum atomic E-state index is -2.40. The second kappa shape index (κ2) is 3.37. The molecule has 0 bridgehead atoms. The Morgan fingerprint density at radius 1 is 1.19 bits per heavy atom. The van der Waals surface area contributed by atoms with Gasteiger partial charge in [-0.1, -0.05) is 24.3 Å². The Labute approximate surface area is 91.8 Å². The molecule has 1 nitrogen and oxygen atoms in total. The van der Waals surface area contributed by atoms with Gasteiger partial charge in [-0.3, -0.25) is 4.99 Å². The highest BCUT2D eigenvalue weighted by atomic mass is 19.3. The molecule has 0 saturated heterocycles. The predicted molar refractivity (Wildman–Crippen MR) is 60.2 cm³/mol. The summed E-state index contributed by atoms with van der Waals surface area (Å²) in [6, 6.07) is 7.64. The molecule has 3 heteroatoms. The van der Waals surface area contributed by atoms with Gasteiger partial charge in [0.1, 0.15) is 0 Å². The van der Waals surface area contributed by atoms with Crippen LogP contribution < -0.4 is 0 Å². The summed E-state index contributed by atoms with van der Waals surface area (Å²) in [5, 5.41) is 0. The molecule has 0 atom stereocenters. The molecule has 0 radical (unpaired) electrons. The third-order valence-electron chi connectivity index (χ3n) is 2.85. The Morgan fingerprint density at radius 2 is 2.00 bits per heavy atom. The fourth-order valence-electron chi connectivity index (χ4n) is 2.07. The second-order valence-electron chi connectivity index (χ2n) is 3.84. The molecule has 0 N–H and O–H groups in total. The van der Waals surface area contributed by atoms with Crippen molar-refractivity contribution >= 4 is 17.0 Å². The lowest BCUT2D eigenvalue weighted by Gasteiger charge is -2.11. The first-order valence-corrected chi connectivity index (χ1v) is 5.13. The van der Waals surface area contributed by atoms with E-state index in [1.807, 2.05) is 24.3 Å². The average Bonchev–Trinajstić information content (AvgIpc) is 2.66. The number of aliphatic imine (C=N–C) groups is 1. The maximum absolute atomic E-state index is 12.6. The first-order chi connectivity index (χ1) is 7.75. The maximum Gasteiger partial charge on any atom is 0.263 e. The summed E-state index contributed by atoms with van der Waals surface area (Å²) in [4.78, 5) is 4.43. The monoisotopic (exact) mass is 217 g/mol. The molecular weight excluding hydrogens is 208 g/mol. The topological polar surface area (TPSA) is 12.4 Å². The third kappa shape index (κ3) is 1.32. The fraction of sp³-hybridized carbons (Fsp3) is 0.154. The highest BCUT2D eigenvalue weighted by molar-refractivity contribution is 6.30. The van der Waals surface area contributed by atoms with Crippen molar-refractivity contribution in [1.82, 2.24) is 0 Å². The maximum atomic E-state index is 12.6. The van der Waals surface area contributed by atoms with Crippen molar-refractivity contribution in [1.29, 1.82) is 0 Å². The number of nitrogens with zero attached hydrogens (tertiary/aromatic N) is 1. The van der Waals surface area contributed by atoms with Crippen LogP contribution in [0, 0.1) is 0 Å². The van der Waals surface area contributed by atoms with Gasteiger partial charge in [0.25, 0.3) is 6.43 Å². The van der Waals surface area contributed by atoms with E-state index in [0.717, 1.165) is 22.5 Å². The van der Waals surface area contributed by atoms with Gasteiger partial charge in [-0.2, -0.15) is 0 Å². The minimum absolute atomic E-state index is 0.102. The van der Waals surface area contributed by atoms with E-state index in [1.165, 1.54) is 0 Å². The van der Waals surface area contributed by atoms with E-state index in [1.54, 1.807) is 12.2 Å². The van der Waals surface area contributed by atoms with Crippen molar-refractivity contribution in [2.75, 3.05) is 0 Å². The number of hydrogen-bond donors (Lipinski definition) is 0. The van der Waals surface area contributed by atoms with Gasteiger partial charge in [-0.15, -0.1) is 0 Å². The van der Waals surface area contributed by atoms with E-state index in [4.69, 9.17) is 0 Å². The van der Waals surface area contributed by atoms with Crippen molar-refractivity contribution in [2.24, 2.45) is 4.99 Å². The van der Waals surface area contributed by atoms with Crippen molar-refractivity contribution in [3.63, 3.8) is 0 Å². The summed E-state index contributed by atoms with van der Waals surface area (Å²) >= 11 is 0. The zero-order valence-electron chi connectivity index (χ0n) is 8.45. The summed E-state index contributed by atoms with van der Waals surface area (Å²) in [6.45, 7) is 0. The van der Waals surface area contributed by atoms with Gasteiger partial charge >= 0.3 is 0 Å². The number of rotatable bonds is 1. The molecule has 1 aromatic rings. The number of benzene rings is 1. The molecule has 3 rings (SSSR count). The van der Waals surface area contributed by atoms with Crippen molar-refractivity contribution < 1.29 is 8.78 Å². The summed E-state index contributed by atoms with van der Waals surface area (Å²) < 4.78 is 25.2. The van der Waals surface area contributed by atoms with Gasteiger partial charge in [0.05, 0.1) is 11.4 Å². The van der Waals surface area contributed by atoms with Crippen LogP contribution in [0.15, 0.2) is 47.0 Å². The molecule has 1 aliphatic heterocycles. The van der Waals surface area contributed by atoms with Gasteiger partial charge in [0, 0.05) is 23.1 Å². The van der Waals surface area contributed by atoms with Crippen molar-refractivity contribution in [3.05, 3.63) is 47.6 Å². The Bertz CT molecular complexity index is 539. The molecule has 1 aliphatic carbocycles. The van der Waals surface area contributed by atoms with Crippen molar-refractivity contribution in [3.8, 4) is 0 Å². The average molecular weight is 217 g/mol. The van der Waals surface area contributed by atoms with Gasteiger partial charge in [-0.05, 0) is 12.1 Å². The van der Waals surface area contributed by atoms with Crippen LogP contribution >= 0.6 is 0 Å². The van der Waals surface area contributed by atoms with Crippen LogP contribution in [0.5, 0.6) is 0 Å². The van der Waals surface area contributed by atoms with Gasteiger partial charge in [0.15, 0.2) is 0 Å². The molecule has 0 saturated carbocycles. The molecule has 0 fully saturated rings. The first kappa shape index (κ1) is 9.46. The molecule has 0 unspecified atom stereocenters. The van der Waals surface area contributed by atoms with E-state index in [0.29, 0.717) is 6.42 Å². The van der Waals surface area contributed by atoms with Crippen LogP contribution in [-0.4, -0.2) is 12.1 Å². The summed E-state index contributed by atoms with van der Waals surface area (Å²) in [6.07, 6.45) is 1.21. The Balaban J connectivity index is 2.11. The summed E-state index contributed by atoms with van der Waals surface area (Å²) in [7, 11) is 0. The fourth-order valence-corrected chi connectivity index (χ4v) is 2.07. The quantitative estimate of drug-likeness (QED) is 0.679. The number of fused-ring (bicyclic) bond motifs is 3. The first-order valence-electron chi connectivity index (χ1n) is 5.13. The van der Waals surface area contributed by atoms with Crippen LogP contribution in [0.4, 0.5) is 14.5 Å². The number of para-hydroxylation sites is 1. The van der Waals surface area contributed by atoms with E-state index in [2.05, 4.69) is 4.99 Å². The minimum Gasteiger partial charge on any atom is -0.252 e. The lowest BCUT2D eigenvalue weighted by molar-refractivity contribution is 0.194. The van der Waals surface area contributed by atoms with Gasteiger partial charge in [-0.25, -0.2) is 8.78 Å². The second-order valence-corrected chi connectivity index (χ2v) is 3.84. The molecule has 80 valence electrons. The van der Waals surface area contributed by atoms with Crippen LogP contribution in [0.25, 0.3) is 5.57 Å². The lowest BCUT2D eigenvalue weighted by Crippen LogP contribution is -2.06. The number of hydrogen-bond acceptors (Lipinski definition) is 1. The zero-order valence-corrected chi connectivity index (χ0v) is 8.45. The molecule has 0 spiro atoms.